The summed E-state index contributed by atoms with van der Waals surface area (Å²) in [5, 5.41) is 14.0. The maximum absolute atomic E-state index is 14.5. The minimum atomic E-state index is -2.44. The first-order valence-corrected chi connectivity index (χ1v) is 12.3. The molecule has 0 radical (unpaired) electrons. The molecular formula is C27H17F5N6O3. The summed E-state index contributed by atoms with van der Waals surface area (Å²) < 4.78 is 70.1. The van der Waals surface area contributed by atoms with Gasteiger partial charge in [0.2, 0.25) is 5.82 Å². The summed E-state index contributed by atoms with van der Waals surface area (Å²) in [6, 6.07) is 14.4. The highest BCUT2D eigenvalue weighted by atomic mass is 19.2. The number of anilines is 1. The van der Waals surface area contributed by atoms with Crippen LogP contribution < -0.4 is 4.90 Å². The van der Waals surface area contributed by atoms with E-state index in [0.717, 1.165) is 16.1 Å². The molecule has 3 aromatic carbocycles. The van der Waals surface area contributed by atoms with Gasteiger partial charge >= 0.3 is 0 Å². The highest BCUT2D eigenvalue weighted by molar-refractivity contribution is 6.25. The van der Waals surface area contributed by atoms with Gasteiger partial charge in [-0.15, -0.1) is 0 Å². The molecule has 0 N–H and O–H groups in total. The minimum absolute atomic E-state index is 0.143. The maximum Gasteiger partial charge on any atom is 0.264 e. The fraction of sp³-hybridized carbons (Fsp3) is 0.185. The molecule has 3 atom stereocenters. The Morgan fingerprint density at radius 2 is 1.39 bits per heavy atom. The van der Waals surface area contributed by atoms with Gasteiger partial charge in [0.25, 0.3) is 17.7 Å². The van der Waals surface area contributed by atoms with Gasteiger partial charge in [0.05, 0.1) is 11.8 Å². The number of carbonyl (C=O) groups excluding carboxylic acids is 3. The van der Waals surface area contributed by atoms with E-state index in [-0.39, 0.29) is 4.90 Å². The molecule has 0 unspecified atom stereocenters. The number of hydrogen-bond donors (Lipinski definition) is 0. The average Bonchev–Trinajstić information content (AvgIpc) is 3.68. The van der Waals surface area contributed by atoms with Crippen LogP contribution in [-0.2, 0) is 14.4 Å². The number of benzene rings is 3. The Bertz CT molecular complexity index is 1620. The molecule has 3 aliphatic heterocycles. The maximum atomic E-state index is 14.5. The van der Waals surface area contributed by atoms with Crippen LogP contribution in [0.25, 0.3) is 0 Å². The highest BCUT2D eigenvalue weighted by Crippen LogP contribution is 2.38. The van der Waals surface area contributed by atoms with Gasteiger partial charge in [-0.2, -0.15) is 10.2 Å². The van der Waals surface area contributed by atoms with E-state index in [1.165, 1.54) is 5.01 Å². The third kappa shape index (κ3) is 4.13. The number of hydrogen-bond acceptors (Lipinski definition) is 7. The molecule has 3 aromatic rings. The Labute approximate surface area is 228 Å². The van der Waals surface area contributed by atoms with Gasteiger partial charge in [0, 0.05) is 6.42 Å². The van der Waals surface area contributed by atoms with Gasteiger partial charge in [-0.1, -0.05) is 65.9 Å². The molecule has 208 valence electrons. The lowest BCUT2D eigenvalue weighted by Gasteiger charge is -2.25. The van der Waals surface area contributed by atoms with Crippen molar-refractivity contribution in [2.45, 2.75) is 24.5 Å². The summed E-state index contributed by atoms with van der Waals surface area (Å²) in [6.07, 6.45) is 0.374. The quantitative estimate of drug-likeness (QED) is 0.201. The molecule has 1 fully saturated rings. The van der Waals surface area contributed by atoms with E-state index in [1.54, 1.807) is 12.1 Å². The predicted molar refractivity (Wildman–Crippen MR) is 131 cm³/mol. The molecule has 6 rings (SSSR count). The number of rotatable bonds is 5. The molecule has 0 saturated carbocycles. The Kier molecular flexibility index (Phi) is 6.31. The van der Waals surface area contributed by atoms with Crippen LogP contribution in [0.1, 0.15) is 23.6 Å². The smallest absolute Gasteiger partial charge is 0.264 e. The van der Waals surface area contributed by atoms with Crippen molar-refractivity contribution in [1.82, 2.24) is 10.0 Å². The van der Waals surface area contributed by atoms with Crippen LogP contribution in [0.2, 0.25) is 0 Å². The number of fused-ring (bicyclic) bond motifs is 1. The van der Waals surface area contributed by atoms with Crippen molar-refractivity contribution in [3.8, 4) is 0 Å². The van der Waals surface area contributed by atoms with E-state index < -0.39 is 77.2 Å². The number of nitrogens with zero attached hydrogens (tertiary/aromatic N) is 6. The first-order chi connectivity index (χ1) is 19.7. The molecule has 0 aliphatic carbocycles. The number of halogens is 5. The minimum Gasteiger partial charge on any atom is -0.271 e. The molecule has 0 spiro atoms. The van der Waals surface area contributed by atoms with Crippen molar-refractivity contribution in [3.63, 3.8) is 0 Å². The van der Waals surface area contributed by atoms with Gasteiger partial charge in [-0.25, -0.2) is 31.9 Å². The van der Waals surface area contributed by atoms with Crippen molar-refractivity contribution in [2.24, 2.45) is 15.4 Å². The van der Waals surface area contributed by atoms with Crippen molar-refractivity contribution in [3.05, 3.63) is 101 Å². The van der Waals surface area contributed by atoms with E-state index in [2.05, 4.69) is 15.4 Å². The summed E-state index contributed by atoms with van der Waals surface area (Å²) in [5.74, 6) is -15.1. The number of amides is 3. The number of imide groups is 1. The highest BCUT2D eigenvalue weighted by Gasteiger charge is 2.57. The normalized spacial score (nSPS) is 21.6. The zero-order valence-corrected chi connectivity index (χ0v) is 20.7. The van der Waals surface area contributed by atoms with Crippen LogP contribution in [0.3, 0.4) is 0 Å². The van der Waals surface area contributed by atoms with Gasteiger partial charge in [-0.3, -0.25) is 19.4 Å². The number of hydrazone groups is 1. The van der Waals surface area contributed by atoms with Crippen LogP contribution in [0.4, 0.5) is 27.6 Å². The van der Waals surface area contributed by atoms with Crippen LogP contribution in [0.5, 0.6) is 0 Å². The topological polar surface area (TPSA) is 98.0 Å². The van der Waals surface area contributed by atoms with Crippen LogP contribution in [-0.4, -0.2) is 52.1 Å². The molecule has 3 aliphatic rings. The first kappa shape index (κ1) is 26.2. The second kappa shape index (κ2) is 9.87. The summed E-state index contributed by atoms with van der Waals surface area (Å²) in [5.41, 5.74) is 0.479. The van der Waals surface area contributed by atoms with Crippen LogP contribution in [0.15, 0.2) is 76.1 Å². The van der Waals surface area contributed by atoms with Gasteiger partial charge in [0.1, 0.15) is 12.2 Å². The summed E-state index contributed by atoms with van der Waals surface area (Å²) in [4.78, 5) is 39.4. The summed E-state index contributed by atoms with van der Waals surface area (Å²) in [7, 11) is 0. The predicted octanol–water partition coefficient (Wildman–Crippen LogP) is 4.05. The molecule has 3 heterocycles. The third-order valence-corrected chi connectivity index (χ3v) is 7.02. The second-order valence-corrected chi connectivity index (χ2v) is 9.40. The molecule has 14 heteroatoms. The first-order valence-electron chi connectivity index (χ1n) is 12.3. The summed E-state index contributed by atoms with van der Waals surface area (Å²) in [6.45, 7) is -0.621. The SMILES string of the molecule is O=C1[C@H]2N=NN(CC(=O)N3N=C(c4ccccc4)C[C@H]3c3ccccc3)[C@@H]2C(=O)N1c1c(F)c(F)c(F)c(F)c1F. The Balaban J connectivity index is 1.29. The van der Waals surface area contributed by atoms with Gasteiger partial charge in [0.15, 0.2) is 35.4 Å². The van der Waals surface area contributed by atoms with E-state index in [9.17, 15) is 36.3 Å². The van der Waals surface area contributed by atoms with Gasteiger partial charge in [-0.05, 0) is 11.1 Å². The zero-order valence-electron chi connectivity index (χ0n) is 20.7. The summed E-state index contributed by atoms with van der Waals surface area (Å²) >= 11 is 0. The Morgan fingerprint density at radius 1 is 0.805 bits per heavy atom. The molecule has 3 amide bonds. The lowest BCUT2D eigenvalue weighted by molar-refractivity contribution is -0.135. The molecular weight excluding hydrogens is 551 g/mol. The molecule has 0 bridgehead atoms. The standard InChI is InChI=1S/C27H17F5N6O3/c28-18-19(29)21(31)24(22(32)20(18)30)37-26(40)23-25(27(37)41)36(35-33-23)12-17(39)38-16(14-9-5-2-6-10-14)11-15(34-38)13-7-3-1-4-8-13/h1-10,16,23,25H,11-12H2/t16-,23-,25-/m0/s1. The Hall–Kier alpha value is -5.01. The second-order valence-electron chi connectivity index (χ2n) is 9.40. The molecule has 1 saturated heterocycles. The zero-order chi connectivity index (χ0) is 29.0. The van der Waals surface area contributed by atoms with Crippen molar-refractivity contribution < 1.29 is 36.3 Å². The molecule has 9 nitrogen and oxygen atoms in total. The van der Waals surface area contributed by atoms with Crippen molar-refractivity contribution in [1.29, 1.82) is 0 Å². The van der Waals surface area contributed by atoms with Gasteiger partial charge < -0.3 is 0 Å². The van der Waals surface area contributed by atoms with Crippen molar-refractivity contribution in [2.75, 3.05) is 11.4 Å². The lowest BCUT2D eigenvalue weighted by atomic mass is 9.98. The van der Waals surface area contributed by atoms with Crippen LogP contribution >= 0.6 is 0 Å². The monoisotopic (exact) mass is 568 g/mol. The van der Waals surface area contributed by atoms with E-state index in [0.29, 0.717) is 12.1 Å². The van der Waals surface area contributed by atoms with E-state index >= 15 is 0 Å². The van der Waals surface area contributed by atoms with Crippen LogP contribution in [0, 0.1) is 29.1 Å². The third-order valence-electron chi connectivity index (χ3n) is 7.02. The fourth-order valence-corrected chi connectivity index (χ4v) is 5.06. The number of carbonyl (C=O) groups is 3. The van der Waals surface area contributed by atoms with Crippen molar-refractivity contribution >= 4 is 29.1 Å². The van der Waals surface area contributed by atoms with E-state index in [4.69, 9.17) is 0 Å². The molecule has 41 heavy (non-hydrogen) atoms. The molecule has 0 aromatic heterocycles. The Morgan fingerprint density at radius 3 is 2.02 bits per heavy atom. The van der Waals surface area contributed by atoms with E-state index in [1.807, 2.05) is 48.5 Å². The average molecular weight is 568 g/mol. The largest absolute Gasteiger partial charge is 0.271 e. The lowest BCUT2D eigenvalue weighted by Crippen LogP contribution is -2.45. The fourth-order valence-electron chi connectivity index (χ4n) is 5.06.